The van der Waals surface area contributed by atoms with E-state index in [0.29, 0.717) is 10.7 Å². The molecule has 0 aliphatic heterocycles. The Morgan fingerprint density at radius 2 is 2.00 bits per heavy atom. The molecule has 0 unspecified atom stereocenters. The molecule has 0 aliphatic carbocycles. The van der Waals surface area contributed by atoms with E-state index in [-0.39, 0.29) is 18.3 Å². The van der Waals surface area contributed by atoms with Gasteiger partial charge in [-0.2, -0.15) is 5.10 Å². The molecule has 1 heterocycles. The number of hydrogen-bond acceptors (Lipinski definition) is 5. The van der Waals surface area contributed by atoms with Gasteiger partial charge < -0.3 is 5.84 Å². The fourth-order valence-corrected chi connectivity index (χ4v) is 2.55. The molecule has 1 aromatic heterocycles. The number of anilines is 1. The Balaban J connectivity index is 0.00000176. The van der Waals surface area contributed by atoms with Crippen molar-refractivity contribution in [1.82, 2.24) is 4.98 Å². The summed E-state index contributed by atoms with van der Waals surface area (Å²) in [7, 11) is 0. The normalized spacial score (nSPS) is 10.5. The average molecular weight is 333 g/mol. The lowest BCUT2D eigenvalue weighted by atomic mass is 10.0. The first-order chi connectivity index (χ1) is 10.3. The summed E-state index contributed by atoms with van der Waals surface area (Å²) in [4.78, 5) is 16.2. The standard InChI is InChI=1S/C15H12N4OS.ClH/c16-18-9-10-1-2-12-8-13(4-3-11(12)7-10)14(20)19-15-17-5-6-21-15;/h1-9H,16H2,(H,17,19,20);1H. The van der Waals surface area contributed by atoms with E-state index in [9.17, 15) is 4.79 Å². The van der Waals surface area contributed by atoms with Crippen LogP contribution in [0.1, 0.15) is 15.9 Å². The Bertz CT molecular complexity index is 818. The lowest BCUT2D eigenvalue weighted by Gasteiger charge is -2.04. The molecule has 112 valence electrons. The second-order valence-corrected chi connectivity index (χ2v) is 5.29. The minimum Gasteiger partial charge on any atom is -0.323 e. The SMILES string of the molecule is Cl.NN=Cc1ccc2cc(C(=O)Nc3nccs3)ccc2c1. The number of carbonyl (C=O) groups is 1. The first kappa shape index (κ1) is 15.9. The molecule has 5 nitrogen and oxygen atoms in total. The zero-order valence-corrected chi connectivity index (χ0v) is 13.0. The first-order valence-corrected chi connectivity index (χ1v) is 7.12. The zero-order valence-electron chi connectivity index (χ0n) is 11.4. The number of thiazole rings is 1. The Morgan fingerprint density at radius 3 is 2.73 bits per heavy atom. The number of nitrogens with zero attached hydrogens (tertiary/aromatic N) is 2. The Labute approximate surface area is 137 Å². The summed E-state index contributed by atoms with van der Waals surface area (Å²) < 4.78 is 0. The van der Waals surface area contributed by atoms with Gasteiger partial charge in [-0.05, 0) is 34.5 Å². The molecule has 3 rings (SSSR count). The van der Waals surface area contributed by atoms with E-state index in [2.05, 4.69) is 15.4 Å². The fraction of sp³-hybridized carbons (Fsp3) is 0. The molecule has 2 aromatic carbocycles. The van der Waals surface area contributed by atoms with Crippen LogP contribution < -0.4 is 11.2 Å². The predicted molar refractivity (Wildman–Crippen MR) is 93.0 cm³/mol. The molecule has 0 saturated heterocycles. The van der Waals surface area contributed by atoms with E-state index in [1.807, 2.05) is 35.7 Å². The summed E-state index contributed by atoms with van der Waals surface area (Å²) in [5.41, 5.74) is 1.52. The van der Waals surface area contributed by atoms with Crippen LogP contribution in [0.4, 0.5) is 5.13 Å². The monoisotopic (exact) mass is 332 g/mol. The van der Waals surface area contributed by atoms with Gasteiger partial charge in [0.25, 0.3) is 5.91 Å². The number of fused-ring (bicyclic) bond motifs is 1. The van der Waals surface area contributed by atoms with Gasteiger partial charge in [0.1, 0.15) is 0 Å². The lowest BCUT2D eigenvalue weighted by Crippen LogP contribution is -2.11. The number of aromatic nitrogens is 1. The van der Waals surface area contributed by atoms with E-state index >= 15 is 0 Å². The maximum Gasteiger partial charge on any atom is 0.257 e. The average Bonchev–Trinajstić information content (AvgIpc) is 3.00. The zero-order chi connectivity index (χ0) is 14.7. The third-order valence-electron chi connectivity index (χ3n) is 3.00. The van der Waals surface area contributed by atoms with Crippen molar-refractivity contribution in [2.75, 3.05) is 5.32 Å². The second kappa shape index (κ2) is 7.02. The smallest absolute Gasteiger partial charge is 0.257 e. The first-order valence-electron chi connectivity index (χ1n) is 6.24. The molecule has 22 heavy (non-hydrogen) atoms. The number of halogens is 1. The molecule has 0 bridgehead atoms. The van der Waals surface area contributed by atoms with Crippen LogP contribution in [-0.2, 0) is 0 Å². The Morgan fingerprint density at radius 1 is 1.23 bits per heavy atom. The summed E-state index contributed by atoms with van der Waals surface area (Å²) >= 11 is 1.39. The van der Waals surface area contributed by atoms with Crippen LogP contribution in [-0.4, -0.2) is 17.1 Å². The van der Waals surface area contributed by atoms with Crippen LogP contribution >= 0.6 is 23.7 Å². The number of hydrazone groups is 1. The van der Waals surface area contributed by atoms with Crippen molar-refractivity contribution in [3.05, 3.63) is 59.1 Å². The van der Waals surface area contributed by atoms with Gasteiger partial charge in [0.15, 0.2) is 5.13 Å². The minimum atomic E-state index is -0.167. The van der Waals surface area contributed by atoms with Gasteiger partial charge in [0, 0.05) is 17.1 Å². The van der Waals surface area contributed by atoms with E-state index in [0.717, 1.165) is 16.3 Å². The number of hydrogen-bond donors (Lipinski definition) is 2. The van der Waals surface area contributed by atoms with Gasteiger partial charge in [-0.15, -0.1) is 23.7 Å². The molecular formula is C15H13ClN4OS. The van der Waals surface area contributed by atoms with Gasteiger partial charge in [0.2, 0.25) is 0 Å². The van der Waals surface area contributed by atoms with E-state index in [4.69, 9.17) is 5.84 Å². The quantitative estimate of drug-likeness (QED) is 0.439. The minimum absolute atomic E-state index is 0. The molecule has 0 fully saturated rings. The molecule has 0 saturated carbocycles. The van der Waals surface area contributed by atoms with Crippen LogP contribution in [0.25, 0.3) is 10.8 Å². The number of amides is 1. The Hall–Kier alpha value is -2.44. The van der Waals surface area contributed by atoms with Crippen molar-refractivity contribution in [2.24, 2.45) is 10.9 Å². The summed E-state index contributed by atoms with van der Waals surface area (Å²) in [5, 5.41) is 10.7. The third kappa shape index (κ3) is 3.41. The molecule has 7 heteroatoms. The maximum absolute atomic E-state index is 12.1. The number of rotatable bonds is 3. The molecule has 0 spiro atoms. The third-order valence-corrected chi connectivity index (χ3v) is 3.69. The number of nitrogens with one attached hydrogen (secondary N) is 1. The number of benzene rings is 2. The largest absolute Gasteiger partial charge is 0.323 e. The Kier molecular flexibility index (Phi) is 5.08. The summed E-state index contributed by atoms with van der Waals surface area (Å²) in [5.74, 6) is 4.98. The molecular weight excluding hydrogens is 320 g/mol. The van der Waals surface area contributed by atoms with Crippen LogP contribution in [0.5, 0.6) is 0 Å². The molecule has 1 amide bonds. The van der Waals surface area contributed by atoms with Crippen LogP contribution in [0, 0.1) is 0 Å². The van der Waals surface area contributed by atoms with Crippen molar-refractivity contribution in [3.63, 3.8) is 0 Å². The lowest BCUT2D eigenvalue weighted by molar-refractivity contribution is 0.102. The topological polar surface area (TPSA) is 80.4 Å². The highest BCUT2D eigenvalue weighted by molar-refractivity contribution is 7.13. The predicted octanol–water partition coefficient (Wildman–Crippen LogP) is 3.26. The molecule has 3 aromatic rings. The van der Waals surface area contributed by atoms with Gasteiger partial charge in [-0.25, -0.2) is 4.98 Å². The van der Waals surface area contributed by atoms with Gasteiger partial charge in [0.05, 0.1) is 6.21 Å². The van der Waals surface area contributed by atoms with Crippen molar-refractivity contribution in [2.45, 2.75) is 0 Å². The molecule has 0 aliphatic rings. The van der Waals surface area contributed by atoms with Crippen molar-refractivity contribution < 1.29 is 4.79 Å². The number of nitrogens with two attached hydrogens (primary N) is 1. The molecule has 0 radical (unpaired) electrons. The highest BCUT2D eigenvalue weighted by Gasteiger charge is 2.08. The summed E-state index contributed by atoms with van der Waals surface area (Å²) in [6.45, 7) is 0. The van der Waals surface area contributed by atoms with E-state index < -0.39 is 0 Å². The fourth-order valence-electron chi connectivity index (χ4n) is 2.03. The second-order valence-electron chi connectivity index (χ2n) is 4.39. The van der Waals surface area contributed by atoms with Crippen LogP contribution in [0.15, 0.2) is 53.1 Å². The molecule has 3 N–H and O–H groups in total. The van der Waals surface area contributed by atoms with Crippen LogP contribution in [0.2, 0.25) is 0 Å². The maximum atomic E-state index is 12.1. The van der Waals surface area contributed by atoms with Gasteiger partial charge >= 0.3 is 0 Å². The van der Waals surface area contributed by atoms with Crippen LogP contribution in [0.3, 0.4) is 0 Å². The van der Waals surface area contributed by atoms with E-state index in [1.165, 1.54) is 11.3 Å². The number of carbonyl (C=O) groups excluding carboxylic acids is 1. The highest BCUT2D eigenvalue weighted by atomic mass is 35.5. The summed E-state index contributed by atoms with van der Waals surface area (Å²) in [6, 6.07) is 11.3. The van der Waals surface area contributed by atoms with Crippen molar-refractivity contribution >= 4 is 51.8 Å². The van der Waals surface area contributed by atoms with Crippen molar-refractivity contribution in [1.29, 1.82) is 0 Å². The highest BCUT2D eigenvalue weighted by Crippen LogP contribution is 2.19. The summed E-state index contributed by atoms with van der Waals surface area (Å²) in [6.07, 6.45) is 3.24. The van der Waals surface area contributed by atoms with Gasteiger partial charge in [-0.1, -0.05) is 18.2 Å². The van der Waals surface area contributed by atoms with Crippen molar-refractivity contribution in [3.8, 4) is 0 Å². The van der Waals surface area contributed by atoms with Gasteiger partial charge in [-0.3, -0.25) is 10.1 Å². The molecule has 0 atom stereocenters. The van der Waals surface area contributed by atoms with E-state index in [1.54, 1.807) is 18.5 Å².